The summed E-state index contributed by atoms with van der Waals surface area (Å²) in [6.07, 6.45) is 0.912. The molecule has 0 unspecified atom stereocenters. The van der Waals surface area contributed by atoms with Crippen molar-refractivity contribution < 1.29 is 0 Å². The van der Waals surface area contributed by atoms with Crippen molar-refractivity contribution in [3.63, 3.8) is 0 Å². The summed E-state index contributed by atoms with van der Waals surface area (Å²) >= 11 is 6.85. The van der Waals surface area contributed by atoms with E-state index in [2.05, 4.69) is 53.4 Å². The van der Waals surface area contributed by atoms with Gasteiger partial charge in [-0.1, -0.05) is 0 Å². The molecule has 0 fully saturated rings. The molecule has 20 heavy (non-hydrogen) atoms. The first-order chi connectivity index (χ1) is 9.67. The third-order valence-corrected chi connectivity index (χ3v) is 5.02. The molecule has 0 bridgehead atoms. The fourth-order valence-corrected chi connectivity index (χ4v) is 3.53. The molecule has 4 nitrogen and oxygen atoms in total. The molecule has 0 aliphatic rings. The van der Waals surface area contributed by atoms with Gasteiger partial charge in [-0.05, 0) is 39.9 Å². The summed E-state index contributed by atoms with van der Waals surface area (Å²) in [5.41, 5.74) is 2.39. The summed E-state index contributed by atoms with van der Waals surface area (Å²) in [6.45, 7) is 3.63. The van der Waals surface area contributed by atoms with Crippen molar-refractivity contribution in [2.45, 2.75) is 19.9 Å². The molecule has 0 spiro atoms. The molecule has 2 aromatic rings. The van der Waals surface area contributed by atoms with Crippen molar-refractivity contribution in [2.75, 3.05) is 13.6 Å². The molecule has 0 radical (unpaired) electrons. The SMILES string of the molecule is CN=C(NCCc1csc(C)n1)NCc1csc(Br)c1. The van der Waals surface area contributed by atoms with Gasteiger partial charge in [-0.15, -0.1) is 22.7 Å². The van der Waals surface area contributed by atoms with Crippen LogP contribution in [0, 0.1) is 6.92 Å². The van der Waals surface area contributed by atoms with Crippen LogP contribution < -0.4 is 10.6 Å². The quantitative estimate of drug-likeness (QED) is 0.625. The fraction of sp³-hybridized carbons (Fsp3) is 0.385. The van der Waals surface area contributed by atoms with Gasteiger partial charge < -0.3 is 10.6 Å². The minimum absolute atomic E-state index is 0.775. The van der Waals surface area contributed by atoms with Gasteiger partial charge in [0.05, 0.1) is 14.5 Å². The number of halogens is 1. The molecule has 108 valence electrons. The second kappa shape index (κ2) is 7.75. The van der Waals surface area contributed by atoms with Crippen molar-refractivity contribution in [1.82, 2.24) is 15.6 Å². The smallest absolute Gasteiger partial charge is 0.191 e. The lowest BCUT2D eigenvalue weighted by molar-refractivity contribution is 0.787. The Hall–Kier alpha value is -0.920. The van der Waals surface area contributed by atoms with E-state index in [0.29, 0.717) is 0 Å². The Morgan fingerprint density at radius 2 is 2.20 bits per heavy atom. The standard InChI is InChI=1S/C13H17BrN4S2/c1-9-18-11(8-19-9)3-4-16-13(15-2)17-6-10-5-12(14)20-7-10/h5,7-8H,3-4,6H2,1-2H3,(H2,15,16,17). The maximum atomic E-state index is 4.44. The molecule has 2 aromatic heterocycles. The van der Waals surface area contributed by atoms with Crippen LogP contribution in [-0.4, -0.2) is 24.5 Å². The van der Waals surface area contributed by atoms with Crippen molar-refractivity contribution >= 4 is 44.6 Å². The summed E-state index contributed by atoms with van der Waals surface area (Å²) in [5.74, 6) is 0.819. The van der Waals surface area contributed by atoms with Gasteiger partial charge >= 0.3 is 0 Å². The maximum Gasteiger partial charge on any atom is 0.191 e. The highest BCUT2D eigenvalue weighted by atomic mass is 79.9. The van der Waals surface area contributed by atoms with Crippen molar-refractivity contribution in [3.8, 4) is 0 Å². The zero-order chi connectivity index (χ0) is 14.4. The van der Waals surface area contributed by atoms with Crippen LogP contribution in [0.25, 0.3) is 0 Å². The van der Waals surface area contributed by atoms with Gasteiger partial charge in [-0.25, -0.2) is 4.98 Å². The predicted octanol–water partition coefficient (Wildman–Crippen LogP) is 3.18. The highest BCUT2D eigenvalue weighted by Crippen LogP contribution is 2.20. The van der Waals surface area contributed by atoms with Gasteiger partial charge in [-0.2, -0.15) is 0 Å². The highest BCUT2D eigenvalue weighted by Gasteiger charge is 2.02. The van der Waals surface area contributed by atoms with Gasteiger partial charge in [0.2, 0.25) is 0 Å². The Kier molecular flexibility index (Phi) is 6.00. The average molecular weight is 373 g/mol. The Bertz CT molecular complexity index is 576. The van der Waals surface area contributed by atoms with Crippen LogP contribution in [0.5, 0.6) is 0 Å². The summed E-state index contributed by atoms with van der Waals surface area (Å²) in [4.78, 5) is 8.66. The van der Waals surface area contributed by atoms with Crippen LogP contribution in [-0.2, 0) is 13.0 Å². The van der Waals surface area contributed by atoms with Crippen LogP contribution in [0.1, 0.15) is 16.3 Å². The van der Waals surface area contributed by atoms with E-state index in [-0.39, 0.29) is 0 Å². The number of aromatic nitrogens is 1. The van der Waals surface area contributed by atoms with E-state index in [4.69, 9.17) is 0 Å². The van der Waals surface area contributed by atoms with Gasteiger partial charge in [0.15, 0.2) is 5.96 Å². The van der Waals surface area contributed by atoms with Gasteiger partial charge in [0, 0.05) is 31.9 Å². The van der Waals surface area contributed by atoms with E-state index < -0.39 is 0 Å². The van der Waals surface area contributed by atoms with Gasteiger partial charge in [0.1, 0.15) is 0 Å². The van der Waals surface area contributed by atoms with Crippen LogP contribution in [0.2, 0.25) is 0 Å². The zero-order valence-electron chi connectivity index (χ0n) is 11.4. The van der Waals surface area contributed by atoms with Crippen molar-refractivity contribution in [3.05, 3.63) is 36.9 Å². The normalized spacial score (nSPS) is 11.7. The number of nitrogens with zero attached hydrogens (tertiary/aromatic N) is 2. The lowest BCUT2D eigenvalue weighted by Crippen LogP contribution is -2.37. The Morgan fingerprint density at radius 1 is 1.35 bits per heavy atom. The Balaban J connectivity index is 1.72. The summed E-state index contributed by atoms with van der Waals surface area (Å²) < 4.78 is 1.15. The number of hydrogen-bond donors (Lipinski definition) is 2. The monoisotopic (exact) mass is 372 g/mol. The van der Waals surface area contributed by atoms with Crippen LogP contribution in [0.4, 0.5) is 0 Å². The zero-order valence-corrected chi connectivity index (χ0v) is 14.7. The van der Waals surface area contributed by atoms with E-state index in [0.717, 1.165) is 40.0 Å². The van der Waals surface area contributed by atoms with Gasteiger partial charge in [-0.3, -0.25) is 4.99 Å². The molecular formula is C13H17BrN4S2. The molecule has 0 saturated carbocycles. The minimum Gasteiger partial charge on any atom is -0.356 e. The number of nitrogens with one attached hydrogen (secondary N) is 2. The molecule has 0 aliphatic carbocycles. The molecule has 2 rings (SSSR count). The molecular weight excluding hydrogens is 356 g/mol. The Morgan fingerprint density at radius 3 is 2.80 bits per heavy atom. The van der Waals surface area contributed by atoms with E-state index >= 15 is 0 Å². The number of thiophene rings is 1. The maximum absolute atomic E-state index is 4.44. The third kappa shape index (κ3) is 4.88. The van der Waals surface area contributed by atoms with E-state index in [1.54, 1.807) is 29.7 Å². The van der Waals surface area contributed by atoms with Crippen LogP contribution >= 0.6 is 38.6 Å². The topological polar surface area (TPSA) is 49.3 Å². The molecule has 7 heteroatoms. The van der Waals surface area contributed by atoms with E-state index in [1.807, 2.05) is 6.92 Å². The first kappa shape index (κ1) is 15.5. The molecule has 0 amide bonds. The lowest BCUT2D eigenvalue weighted by Gasteiger charge is -2.10. The number of hydrogen-bond acceptors (Lipinski definition) is 4. The number of guanidine groups is 1. The summed E-state index contributed by atoms with van der Waals surface area (Å²) in [5, 5.41) is 11.9. The molecule has 0 atom stereocenters. The summed E-state index contributed by atoms with van der Waals surface area (Å²) in [7, 11) is 1.78. The number of thiazole rings is 1. The molecule has 0 aromatic carbocycles. The molecule has 0 aliphatic heterocycles. The lowest BCUT2D eigenvalue weighted by atomic mass is 10.3. The Labute approximate surface area is 135 Å². The average Bonchev–Trinajstić information content (AvgIpc) is 3.02. The predicted molar refractivity (Wildman–Crippen MR) is 90.8 cm³/mol. The van der Waals surface area contributed by atoms with Crippen LogP contribution in [0.3, 0.4) is 0 Å². The highest BCUT2D eigenvalue weighted by molar-refractivity contribution is 9.11. The van der Waals surface area contributed by atoms with Gasteiger partial charge in [0.25, 0.3) is 0 Å². The first-order valence-electron chi connectivity index (χ1n) is 6.26. The van der Waals surface area contributed by atoms with Crippen molar-refractivity contribution in [2.24, 2.45) is 4.99 Å². The number of aliphatic imine (C=N–C) groups is 1. The molecule has 2 heterocycles. The number of rotatable bonds is 5. The van der Waals surface area contributed by atoms with E-state index in [1.165, 1.54) is 5.56 Å². The second-order valence-electron chi connectivity index (χ2n) is 4.22. The molecule has 2 N–H and O–H groups in total. The number of aryl methyl sites for hydroxylation is 1. The third-order valence-electron chi connectivity index (χ3n) is 2.65. The van der Waals surface area contributed by atoms with Crippen LogP contribution in [0.15, 0.2) is 25.6 Å². The molecule has 0 saturated heterocycles. The first-order valence-corrected chi connectivity index (χ1v) is 8.81. The largest absolute Gasteiger partial charge is 0.356 e. The second-order valence-corrected chi connectivity index (χ2v) is 7.57. The fourth-order valence-electron chi connectivity index (χ4n) is 1.68. The van der Waals surface area contributed by atoms with Crippen molar-refractivity contribution in [1.29, 1.82) is 0 Å². The van der Waals surface area contributed by atoms with E-state index in [9.17, 15) is 0 Å². The minimum atomic E-state index is 0.775. The summed E-state index contributed by atoms with van der Waals surface area (Å²) in [6, 6.07) is 2.11.